The molecule has 5 N–H and O–H groups in total. The molecule has 10 heteroatoms. The van der Waals surface area contributed by atoms with Crippen molar-refractivity contribution in [3.05, 3.63) is 30.3 Å². The van der Waals surface area contributed by atoms with E-state index in [1.807, 2.05) is 0 Å². The van der Waals surface area contributed by atoms with Crippen LogP contribution in [0.1, 0.15) is 5.56 Å². The van der Waals surface area contributed by atoms with E-state index in [1.165, 1.54) is 18.2 Å². The van der Waals surface area contributed by atoms with Gasteiger partial charge < -0.3 is 0 Å². The Morgan fingerprint density at radius 2 is 1.72 bits per heavy atom. The molecule has 0 aliphatic heterocycles. The first-order chi connectivity index (χ1) is 8.09. The molecule has 8 nitrogen and oxygen atoms in total. The van der Waals surface area contributed by atoms with Crippen LogP contribution in [0.15, 0.2) is 24.8 Å². The summed E-state index contributed by atoms with van der Waals surface area (Å²) in [5, 5.41) is 0. The second kappa shape index (κ2) is 5.34. The van der Waals surface area contributed by atoms with Crippen molar-refractivity contribution in [2.24, 2.45) is 0 Å². The van der Waals surface area contributed by atoms with E-state index >= 15 is 0 Å². The fraction of sp³-hybridized carbons (Fsp3) is 0. The summed E-state index contributed by atoms with van der Waals surface area (Å²) >= 11 is 0. The Labute approximate surface area is 103 Å². The Morgan fingerprint density at radius 1 is 1.17 bits per heavy atom. The Balaban J connectivity index is 3.09. The van der Waals surface area contributed by atoms with E-state index in [2.05, 4.69) is 15.6 Å². The Kier molecular flexibility index (Phi) is 4.47. The topological polar surface area (TPSA) is 137 Å². The maximum atomic E-state index is 10.7. The van der Waals surface area contributed by atoms with Gasteiger partial charge in [-0.3, -0.25) is 0 Å². The van der Waals surface area contributed by atoms with Crippen LogP contribution in [0.2, 0.25) is 0 Å². The van der Waals surface area contributed by atoms with Gasteiger partial charge >= 0.3 is 102 Å². The van der Waals surface area contributed by atoms with Crippen LogP contribution in [0.4, 0.5) is 0 Å². The molecular weight excluding hydrogens is 286 g/mol. The molecule has 0 radical (unpaired) electrons. The summed E-state index contributed by atoms with van der Waals surface area (Å²) in [5.74, 6) is -0.496. The molecule has 1 aromatic rings. The number of phosphoric acid groups is 1. The molecule has 0 saturated heterocycles. The van der Waals surface area contributed by atoms with E-state index in [1.54, 1.807) is 0 Å². The third-order valence-corrected chi connectivity index (χ3v) is 2.58. The number of rotatable bonds is 5. The quantitative estimate of drug-likeness (QED) is 0.497. The van der Waals surface area contributed by atoms with E-state index in [9.17, 15) is 4.57 Å². The van der Waals surface area contributed by atoms with Crippen LogP contribution >= 0.6 is 16.0 Å². The van der Waals surface area contributed by atoms with Gasteiger partial charge in [0.2, 0.25) is 0 Å². The first-order valence-electron chi connectivity index (χ1n) is 4.48. The number of benzene rings is 1. The molecule has 1 rings (SSSR count). The molecule has 0 saturated carbocycles. The molecular formula is C8H12O8P2. The molecule has 0 unspecified atom stereocenters. The van der Waals surface area contributed by atoms with Crippen molar-refractivity contribution in [1.82, 2.24) is 0 Å². The summed E-state index contributed by atoms with van der Waals surface area (Å²) in [6, 6.07) is 3.49. The molecule has 0 amide bonds. The van der Waals surface area contributed by atoms with Crippen LogP contribution in [0.5, 0.6) is 11.5 Å². The zero-order valence-corrected chi connectivity index (χ0v) is 10.8. The molecule has 0 heterocycles. The third kappa shape index (κ3) is 5.57. The molecule has 0 atom stereocenters. The van der Waals surface area contributed by atoms with Crippen molar-refractivity contribution in [3.63, 3.8) is 0 Å². The standard InChI is InChI=1S/C8H12O8P2/c1-2-6-3-7(15-17(9,10)11)5-8(4-6)16-18(12,13)14/h2-5,9-11,17H,1H2,(H2,12,13,14). The third-order valence-electron chi connectivity index (χ3n) is 1.62. The van der Waals surface area contributed by atoms with Crippen LogP contribution in [-0.2, 0) is 4.57 Å². The zero-order chi connectivity index (χ0) is 14.0. The molecule has 102 valence electrons. The summed E-state index contributed by atoms with van der Waals surface area (Å²) in [6.45, 7) is 3.42. The molecule has 0 aliphatic rings. The summed E-state index contributed by atoms with van der Waals surface area (Å²) in [5.41, 5.74) is 0.342. The Morgan fingerprint density at radius 3 is 2.17 bits per heavy atom. The van der Waals surface area contributed by atoms with Crippen molar-refractivity contribution < 1.29 is 38.1 Å². The first-order valence-corrected chi connectivity index (χ1v) is 7.76. The van der Waals surface area contributed by atoms with Gasteiger partial charge in [0.05, 0.1) is 0 Å². The van der Waals surface area contributed by atoms with E-state index in [4.69, 9.17) is 24.5 Å². The van der Waals surface area contributed by atoms with Gasteiger partial charge in [-0.25, -0.2) is 0 Å². The average molecular weight is 298 g/mol. The van der Waals surface area contributed by atoms with Crippen molar-refractivity contribution >= 4 is 22.1 Å². The minimum atomic E-state index is -4.80. The van der Waals surface area contributed by atoms with Crippen molar-refractivity contribution in [3.8, 4) is 11.5 Å². The Bertz CT molecular complexity index is 488. The molecule has 0 aromatic heterocycles. The van der Waals surface area contributed by atoms with Gasteiger partial charge in [0.1, 0.15) is 0 Å². The Hall–Kier alpha value is -0.980. The number of phosphoric ester groups is 1. The maximum absolute atomic E-state index is 10.7. The van der Waals surface area contributed by atoms with Crippen LogP contribution in [0.3, 0.4) is 0 Å². The average Bonchev–Trinajstić information content (AvgIpc) is 2.11. The second-order valence-electron chi connectivity index (χ2n) is 3.20. The van der Waals surface area contributed by atoms with Gasteiger partial charge in [0.15, 0.2) is 0 Å². The first kappa shape index (κ1) is 15.1. The molecule has 0 aliphatic carbocycles. The molecule has 0 spiro atoms. The van der Waals surface area contributed by atoms with Crippen LogP contribution in [0.25, 0.3) is 6.08 Å². The number of hydrogen-bond acceptors (Lipinski definition) is 6. The van der Waals surface area contributed by atoms with Crippen molar-refractivity contribution in [1.29, 1.82) is 0 Å². The molecule has 18 heavy (non-hydrogen) atoms. The molecule has 0 fully saturated rings. The summed E-state index contributed by atoms with van der Waals surface area (Å²) in [4.78, 5) is 43.6. The predicted molar refractivity (Wildman–Crippen MR) is 64.8 cm³/mol. The number of hydrogen-bond donors (Lipinski definition) is 5. The van der Waals surface area contributed by atoms with Crippen LogP contribution in [-0.4, -0.2) is 24.5 Å². The summed E-state index contributed by atoms with van der Waals surface area (Å²) < 4.78 is 19.4. The molecule has 0 bridgehead atoms. The fourth-order valence-corrected chi connectivity index (χ4v) is 1.93. The van der Waals surface area contributed by atoms with Crippen LogP contribution < -0.4 is 9.05 Å². The monoisotopic (exact) mass is 298 g/mol. The van der Waals surface area contributed by atoms with Crippen LogP contribution in [0, 0.1) is 0 Å². The van der Waals surface area contributed by atoms with Crippen molar-refractivity contribution in [2.45, 2.75) is 0 Å². The van der Waals surface area contributed by atoms with Gasteiger partial charge in [0, 0.05) is 0 Å². The normalized spacial score (nSPS) is 12.9. The van der Waals surface area contributed by atoms with Crippen molar-refractivity contribution in [2.75, 3.05) is 0 Å². The van der Waals surface area contributed by atoms with E-state index in [-0.39, 0.29) is 11.5 Å². The van der Waals surface area contributed by atoms with E-state index in [0.29, 0.717) is 5.56 Å². The van der Waals surface area contributed by atoms with E-state index in [0.717, 1.165) is 6.07 Å². The molecule has 1 aromatic carbocycles. The fourth-order valence-electron chi connectivity index (χ4n) is 1.12. The minimum absolute atomic E-state index is 0.227. The zero-order valence-electron chi connectivity index (χ0n) is 8.92. The summed E-state index contributed by atoms with van der Waals surface area (Å²) in [7, 11) is -9.55. The van der Waals surface area contributed by atoms with E-state index < -0.39 is 16.0 Å². The van der Waals surface area contributed by atoms with Gasteiger partial charge in [0.25, 0.3) is 0 Å². The van der Waals surface area contributed by atoms with Gasteiger partial charge in [-0.05, 0) is 0 Å². The van der Waals surface area contributed by atoms with Gasteiger partial charge in [-0.1, -0.05) is 0 Å². The summed E-state index contributed by atoms with van der Waals surface area (Å²) in [6.07, 6.45) is 1.31. The van der Waals surface area contributed by atoms with Gasteiger partial charge in [-0.2, -0.15) is 0 Å². The van der Waals surface area contributed by atoms with Gasteiger partial charge in [-0.15, -0.1) is 0 Å². The predicted octanol–water partition coefficient (Wildman–Crippen LogP) is 0.567. The second-order valence-corrected chi connectivity index (χ2v) is 5.72. The SMILES string of the molecule is C=Cc1cc(OP(=O)(O)O)cc(O[PH](O)(O)O)c1.